The van der Waals surface area contributed by atoms with Crippen molar-refractivity contribution >= 4 is 17.3 Å². The molecule has 0 spiro atoms. The highest BCUT2D eigenvalue weighted by Gasteiger charge is 2.22. The molecule has 92 valence electrons. The first-order valence-corrected chi connectivity index (χ1v) is 6.91. The van der Waals surface area contributed by atoms with E-state index in [1.54, 1.807) is 29.5 Å². The Balaban J connectivity index is 1.91. The monoisotopic (exact) mass is 259 g/mol. The molecule has 1 aliphatic rings. The predicted molar refractivity (Wildman–Crippen MR) is 71.1 cm³/mol. The molecule has 0 bridgehead atoms. The molecule has 1 fully saturated rings. The number of carboxylic acids is 1. The Hall–Kier alpha value is -1.68. The first-order valence-electron chi connectivity index (χ1n) is 6.03. The second-order valence-corrected chi connectivity index (χ2v) is 5.47. The van der Waals surface area contributed by atoms with Gasteiger partial charge in [-0.3, -0.25) is 0 Å². The second-order valence-electron chi connectivity index (χ2n) is 4.58. The summed E-state index contributed by atoms with van der Waals surface area (Å²) in [5.41, 5.74) is 2.09. The van der Waals surface area contributed by atoms with Crippen LogP contribution in [-0.2, 0) is 0 Å². The highest BCUT2D eigenvalue weighted by molar-refractivity contribution is 7.10. The molecule has 1 aliphatic carbocycles. The van der Waals surface area contributed by atoms with Crippen LogP contribution in [0.3, 0.4) is 0 Å². The lowest BCUT2D eigenvalue weighted by Gasteiger charge is -2.22. The van der Waals surface area contributed by atoms with Gasteiger partial charge in [0.1, 0.15) is 0 Å². The second kappa shape index (κ2) is 4.53. The smallest absolute Gasteiger partial charge is 0.335 e. The third-order valence-electron chi connectivity index (χ3n) is 3.38. The summed E-state index contributed by atoms with van der Waals surface area (Å²) in [6, 6.07) is 6.96. The molecule has 0 unspecified atom stereocenters. The lowest BCUT2D eigenvalue weighted by Crippen LogP contribution is -2.07. The predicted octanol–water partition coefficient (Wildman–Crippen LogP) is 3.78. The maximum absolute atomic E-state index is 10.9. The van der Waals surface area contributed by atoms with Crippen molar-refractivity contribution in [3.05, 3.63) is 40.2 Å². The zero-order valence-electron chi connectivity index (χ0n) is 9.80. The molecule has 3 nitrogen and oxygen atoms in total. The molecule has 0 atom stereocenters. The fourth-order valence-corrected chi connectivity index (χ4v) is 3.07. The Morgan fingerprint density at radius 3 is 2.89 bits per heavy atom. The zero-order valence-corrected chi connectivity index (χ0v) is 10.6. The number of hydrogen-bond acceptors (Lipinski definition) is 3. The van der Waals surface area contributed by atoms with E-state index in [-0.39, 0.29) is 0 Å². The number of hydrogen-bond donors (Lipinski definition) is 1. The molecular weight excluding hydrogens is 246 g/mol. The summed E-state index contributed by atoms with van der Waals surface area (Å²) in [6.07, 6.45) is 3.78. The Kier molecular flexibility index (Phi) is 2.88. The molecule has 0 radical (unpaired) electrons. The molecule has 1 aromatic heterocycles. The fourth-order valence-electron chi connectivity index (χ4n) is 2.07. The van der Waals surface area contributed by atoms with E-state index in [0.717, 1.165) is 11.3 Å². The van der Waals surface area contributed by atoms with Crippen molar-refractivity contribution < 1.29 is 9.90 Å². The van der Waals surface area contributed by atoms with Crippen molar-refractivity contribution in [3.8, 4) is 11.3 Å². The molecule has 1 saturated carbocycles. The van der Waals surface area contributed by atoms with Crippen molar-refractivity contribution in [2.24, 2.45) is 0 Å². The van der Waals surface area contributed by atoms with Gasteiger partial charge < -0.3 is 5.11 Å². The van der Waals surface area contributed by atoms with Crippen LogP contribution in [0.15, 0.2) is 29.6 Å². The lowest BCUT2D eigenvalue weighted by atomic mass is 9.86. The SMILES string of the molecule is O=C(O)c1cccc(-c2csc(C3CCC3)n2)c1. The summed E-state index contributed by atoms with van der Waals surface area (Å²) in [5.74, 6) is -0.266. The van der Waals surface area contributed by atoms with Gasteiger partial charge in [-0.2, -0.15) is 0 Å². The van der Waals surface area contributed by atoms with E-state index in [2.05, 4.69) is 4.98 Å². The highest BCUT2D eigenvalue weighted by atomic mass is 32.1. The minimum atomic E-state index is -0.897. The van der Waals surface area contributed by atoms with Gasteiger partial charge in [0, 0.05) is 16.9 Å². The molecule has 2 aromatic rings. The van der Waals surface area contributed by atoms with Gasteiger partial charge in [-0.25, -0.2) is 9.78 Å². The largest absolute Gasteiger partial charge is 0.478 e. The van der Waals surface area contributed by atoms with E-state index < -0.39 is 5.97 Å². The van der Waals surface area contributed by atoms with Crippen LogP contribution < -0.4 is 0 Å². The molecule has 0 saturated heterocycles. The lowest BCUT2D eigenvalue weighted by molar-refractivity contribution is 0.0697. The number of carboxylic acid groups (broad SMARTS) is 1. The molecule has 4 heteroatoms. The van der Waals surface area contributed by atoms with Crippen LogP contribution in [0.1, 0.15) is 40.5 Å². The number of nitrogens with zero attached hydrogens (tertiary/aromatic N) is 1. The number of thiazole rings is 1. The van der Waals surface area contributed by atoms with E-state index in [9.17, 15) is 4.79 Å². The topological polar surface area (TPSA) is 50.2 Å². The maximum Gasteiger partial charge on any atom is 0.335 e. The Morgan fingerprint density at radius 2 is 2.22 bits per heavy atom. The van der Waals surface area contributed by atoms with Crippen LogP contribution in [0.2, 0.25) is 0 Å². The van der Waals surface area contributed by atoms with Gasteiger partial charge in [0.2, 0.25) is 0 Å². The molecule has 0 aliphatic heterocycles. The van der Waals surface area contributed by atoms with E-state index in [1.165, 1.54) is 24.3 Å². The number of benzene rings is 1. The van der Waals surface area contributed by atoms with Crippen LogP contribution in [0.4, 0.5) is 0 Å². The first kappa shape index (κ1) is 11.4. The minimum absolute atomic E-state index is 0.311. The average molecular weight is 259 g/mol. The molecule has 1 N–H and O–H groups in total. The first-order chi connectivity index (χ1) is 8.74. The minimum Gasteiger partial charge on any atom is -0.478 e. The summed E-state index contributed by atoms with van der Waals surface area (Å²) in [4.78, 5) is 15.6. The molecule has 3 rings (SSSR count). The van der Waals surface area contributed by atoms with Crippen LogP contribution in [0.25, 0.3) is 11.3 Å². The van der Waals surface area contributed by atoms with E-state index in [0.29, 0.717) is 11.5 Å². The Bertz CT molecular complexity index is 587. The summed E-state index contributed by atoms with van der Waals surface area (Å²) in [6.45, 7) is 0. The Morgan fingerprint density at radius 1 is 1.39 bits per heavy atom. The molecule has 18 heavy (non-hydrogen) atoms. The normalized spacial score (nSPS) is 15.3. The van der Waals surface area contributed by atoms with E-state index >= 15 is 0 Å². The molecule has 1 aromatic carbocycles. The molecular formula is C14H13NO2S. The third kappa shape index (κ3) is 2.04. The molecule has 0 amide bonds. The van der Waals surface area contributed by atoms with Crippen LogP contribution >= 0.6 is 11.3 Å². The zero-order chi connectivity index (χ0) is 12.5. The summed E-state index contributed by atoms with van der Waals surface area (Å²) < 4.78 is 0. The van der Waals surface area contributed by atoms with Gasteiger partial charge in [0.05, 0.1) is 16.3 Å². The van der Waals surface area contributed by atoms with Crippen LogP contribution in [-0.4, -0.2) is 16.1 Å². The fraction of sp³-hybridized carbons (Fsp3) is 0.286. The van der Waals surface area contributed by atoms with Gasteiger partial charge in [-0.1, -0.05) is 18.6 Å². The number of aromatic carboxylic acids is 1. The summed E-state index contributed by atoms with van der Waals surface area (Å²) in [7, 11) is 0. The van der Waals surface area contributed by atoms with Gasteiger partial charge in [0.25, 0.3) is 0 Å². The van der Waals surface area contributed by atoms with Gasteiger partial charge in [0.15, 0.2) is 0 Å². The highest BCUT2D eigenvalue weighted by Crippen LogP contribution is 2.39. The van der Waals surface area contributed by atoms with Gasteiger partial charge >= 0.3 is 5.97 Å². The van der Waals surface area contributed by atoms with Crippen molar-refractivity contribution in [1.29, 1.82) is 0 Å². The number of aromatic nitrogens is 1. The average Bonchev–Trinajstić information content (AvgIpc) is 2.76. The van der Waals surface area contributed by atoms with Crippen molar-refractivity contribution in [1.82, 2.24) is 4.98 Å². The maximum atomic E-state index is 10.9. The third-order valence-corrected chi connectivity index (χ3v) is 4.39. The number of carbonyl (C=O) groups is 1. The quantitative estimate of drug-likeness (QED) is 0.912. The van der Waals surface area contributed by atoms with Crippen molar-refractivity contribution in [3.63, 3.8) is 0 Å². The van der Waals surface area contributed by atoms with E-state index in [1.807, 2.05) is 11.4 Å². The van der Waals surface area contributed by atoms with Gasteiger partial charge in [-0.05, 0) is 25.0 Å². The number of rotatable bonds is 3. The van der Waals surface area contributed by atoms with E-state index in [4.69, 9.17) is 5.11 Å². The van der Waals surface area contributed by atoms with Crippen LogP contribution in [0.5, 0.6) is 0 Å². The van der Waals surface area contributed by atoms with Gasteiger partial charge in [-0.15, -0.1) is 11.3 Å². The summed E-state index contributed by atoms with van der Waals surface area (Å²) in [5, 5.41) is 12.2. The molecule has 1 heterocycles. The van der Waals surface area contributed by atoms with Crippen LogP contribution in [0, 0.1) is 0 Å². The summed E-state index contributed by atoms with van der Waals surface area (Å²) >= 11 is 1.68. The standard InChI is InChI=1S/C14H13NO2S/c16-14(17)11-6-2-5-10(7-11)12-8-18-13(15-12)9-3-1-4-9/h2,5-9H,1,3-4H2,(H,16,17). The van der Waals surface area contributed by atoms with Crippen molar-refractivity contribution in [2.45, 2.75) is 25.2 Å². The van der Waals surface area contributed by atoms with Crippen molar-refractivity contribution in [2.75, 3.05) is 0 Å². The Labute approximate surface area is 109 Å².